The highest BCUT2D eigenvalue weighted by atomic mass is 16.5. The summed E-state index contributed by atoms with van der Waals surface area (Å²) >= 11 is 0. The first-order chi connectivity index (χ1) is 9.99. The third kappa shape index (κ3) is 3.53. The van der Waals surface area contributed by atoms with E-state index in [4.69, 9.17) is 10.5 Å². The molecular weight excluding hydrogens is 268 g/mol. The molecule has 2 aromatic rings. The van der Waals surface area contributed by atoms with Crippen molar-refractivity contribution in [2.45, 2.75) is 6.92 Å². The Morgan fingerprint density at radius 2 is 2.14 bits per heavy atom. The Hall–Kier alpha value is -2.50. The minimum Gasteiger partial charge on any atom is -0.491 e. The number of carbonyl (C=O) groups is 1. The fourth-order valence-electron chi connectivity index (χ4n) is 1.97. The van der Waals surface area contributed by atoms with Crippen LogP contribution in [0.2, 0.25) is 0 Å². The number of carbonyl (C=O) groups excluding carboxylic acids is 1. The zero-order chi connectivity index (χ0) is 15.4. The number of aromatic nitrogens is 2. The van der Waals surface area contributed by atoms with Crippen molar-refractivity contribution in [2.75, 3.05) is 25.9 Å². The fraction of sp³-hybridized carbons (Fsp3) is 0.333. The number of nitrogens with zero attached hydrogens (tertiary/aromatic N) is 3. The van der Waals surface area contributed by atoms with Crippen molar-refractivity contribution in [2.24, 2.45) is 7.05 Å². The van der Waals surface area contributed by atoms with Crippen LogP contribution in [0.4, 0.5) is 5.69 Å². The number of para-hydroxylation sites is 1. The Labute approximate surface area is 124 Å². The van der Waals surface area contributed by atoms with E-state index in [0.29, 0.717) is 18.8 Å². The summed E-state index contributed by atoms with van der Waals surface area (Å²) in [5.41, 5.74) is 7.48. The van der Waals surface area contributed by atoms with Crippen molar-refractivity contribution >= 4 is 11.6 Å². The number of amides is 1. The van der Waals surface area contributed by atoms with Crippen molar-refractivity contribution in [1.82, 2.24) is 14.7 Å². The van der Waals surface area contributed by atoms with Crippen LogP contribution in [-0.4, -0.2) is 40.8 Å². The summed E-state index contributed by atoms with van der Waals surface area (Å²) < 4.78 is 7.21. The maximum Gasteiger partial charge on any atom is 0.276 e. The second-order valence-electron chi connectivity index (χ2n) is 4.95. The topological polar surface area (TPSA) is 73.4 Å². The third-order valence-electron chi connectivity index (χ3n) is 3.18. The molecule has 0 atom stereocenters. The van der Waals surface area contributed by atoms with Gasteiger partial charge in [-0.15, -0.1) is 0 Å². The second kappa shape index (κ2) is 6.30. The molecule has 1 amide bonds. The summed E-state index contributed by atoms with van der Waals surface area (Å²) in [5, 5.41) is 4.07. The van der Waals surface area contributed by atoms with Crippen LogP contribution in [0.5, 0.6) is 5.75 Å². The van der Waals surface area contributed by atoms with Crippen LogP contribution in [0.1, 0.15) is 16.1 Å². The lowest BCUT2D eigenvalue weighted by Crippen LogP contribution is -2.31. The van der Waals surface area contributed by atoms with Gasteiger partial charge in [-0.05, 0) is 18.6 Å². The molecule has 0 fully saturated rings. The van der Waals surface area contributed by atoms with E-state index in [1.54, 1.807) is 25.2 Å². The normalized spacial score (nSPS) is 10.4. The lowest BCUT2D eigenvalue weighted by molar-refractivity contribution is 0.0768. The molecule has 0 aliphatic carbocycles. The number of aryl methyl sites for hydroxylation is 2. The molecule has 1 aromatic heterocycles. The molecule has 0 unspecified atom stereocenters. The summed E-state index contributed by atoms with van der Waals surface area (Å²) in [5.74, 6) is 0.622. The number of hydrogen-bond acceptors (Lipinski definition) is 4. The number of hydrogen-bond donors (Lipinski definition) is 1. The van der Waals surface area contributed by atoms with Gasteiger partial charge in [0.1, 0.15) is 12.4 Å². The lowest BCUT2D eigenvalue weighted by Gasteiger charge is -2.17. The molecule has 1 heterocycles. The monoisotopic (exact) mass is 288 g/mol. The average molecular weight is 288 g/mol. The highest BCUT2D eigenvalue weighted by molar-refractivity contribution is 5.96. The quantitative estimate of drug-likeness (QED) is 0.904. The van der Waals surface area contributed by atoms with Gasteiger partial charge in [0, 0.05) is 20.3 Å². The van der Waals surface area contributed by atoms with Crippen molar-refractivity contribution in [3.8, 4) is 5.75 Å². The van der Waals surface area contributed by atoms with Crippen molar-refractivity contribution in [3.05, 3.63) is 41.7 Å². The van der Waals surface area contributed by atoms with E-state index < -0.39 is 0 Å². The molecule has 0 aliphatic rings. The smallest absolute Gasteiger partial charge is 0.276 e. The molecule has 2 N–H and O–H groups in total. The first-order valence-electron chi connectivity index (χ1n) is 6.72. The van der Waals surface area contributed by atoms with Crippen molar-refractivity contribution in [3.63, 3.8) is 0 Å². The van der Waals surface area contributed by atoms with E-state index in [0.717, 1.165) is 11.3 Å². The number of benzene rings is 1. The van der Waals surface area contributed by atoms with E-state index in [1.165, 1.54) is 4.68 Å². The van der Waals surface area contributed by atoms with E-state index in [2.05, 4.69) is 5.10 Å². The maximum absolute atomic E-state index is 12.2. The third-order valence-corrected chi connectivity index (χ3v) is 3.18. The minimum absolute atomic E-state index is 0.207. The van der Waals surface area contributed by atoms with Gasteiger partial charge in [0.05, 0.1) is 12.2 Å². The predicted octanol–water partition coefficient (Wildman–Crippen LogP) is 1.46. The Morgan fingerprint density at radius 1 is 1.43 bits per heavy atom. The number of anilines is 1. The fourth-order valence-corrected chi connectivity index (χ4v) is 1.97. The highest BCUT2D eigenvalue weighted by Crippen LogP contribution is 2.16. The van der Waals surface area contributed by atoms with Crippen LogP contribution in [0.15, 0.2) is 30.5 Å². The van der Waals surface area contributed by atoms with Crippen LogP contribution in [-0.2, 0) is 7.05 Å². The standard InChI is InChI=1S/C15H20N4O2/c1-11-6-4-5-7-13(11)21-9-8-18(2)15(20)14-12(16)10-19(3)17-14/h4-7,10H,8-9,16H2,1-3H3. The molecule has 0 saturated carbocycles. The van der Waals surface area contributed by atoms with Crippen LogP contribution in [0, 0.1) is 6.92 Å². The van der Waals surface area contributed by atoms with E-state index >= 15 is 0 Å². The Balaban J connectivity index is 1.90. The molecule has 2 rings (SSSR count). The van der Waals surface area contributed by atoms with Gasteiger partial charge in [0.25, 0.3) is 5.91 Å². The van der Waals surface area contributed by atoms with Gasteiger partial charge in [0.2, 0.25) is 0 Å². The number of rotatable bonds is 5. The van der Waals surface area contributed by atoms with Gasteiger partial charge in [-0.1, -0.05) is 18.2 Å². The van der Waals surface area contributed by atoms with Gasteiger partial charge < -0.3 is 15.4 Å². The van der Waals surface area contributed by atoms with Crippen molar-refractivity contribution < 1.29 is 9.53 Å². The average Bonchev–Trinajstić information content (AvgIpc) is 2.79. The maximum atomic E-state index is 12.2. The van der Waals surface area contributed by atoms with Gasteiger partial charge in [0.15, 0.2) is 5.69 Å². The predicted molar refractivity (Wildman–Crippen MR) is 81.3 cm³/mol. The second-order valence-corrected chi connectivity index (χ2v) is 4.95. The molecule has 112 valence electrons. The molecule has 0 aliphatic heterocycles. The molecule has 0 radical (unpaired) electrons. The molecule has 0 spiro atoms. The summed E-state index contributed by atoms with van der Waals surface area (Å²) in [4.78, 5) is 13.8. The minimum atomic E-state index is -0.207. The summed E-state index contributed by atoms with van der Waals surface area (Å²) in [6, 6.07) is 7.78. The lowest BCUT2D eigenvalue weighted by atomic mass is 10.2. The zero-order valence-electron chi connectivity index (χ0n) is 12.5. The summed E-state index contributed by atoms with van der Waals surface area (Å²) in [6.07, 6.45) is 1.62. The SMILES string of the molecule is Cc1ccccc1OCCN(C)C(=O)c1nn(C)cc1N. The zero-order valence-corrected chi connectivity index (χ0v) is 12.5. The van der Waals surface area contributed by atoms with Gasteiger partial charge in [-0.25, -0.2) is 0 Å². The molecule has 1 aromatic carbocycles. The molecule has 6 heteroatoms. The van der Waals surface area contributed by atoms with Crippen LogP contribution >= 0.6 is 0 Å². The Bertz CT molecular complexity index is 636. The number of nitrogens with two attached hydrogens (primary N) is 1. The van der Waals surface area contributed by atoms with Gasteiger partial charge in [-0.2, -0.15) is 5.10 Å². The number of ether oxygens (including phenoxy) is 1. The largest absolute Gasteiger partial charge is 0.491 e. The highest BCUT2D eigenvalue weighted by Gasteiger charge is 2.18. The molecular formula is C15H20N4O2. The van der Waals surface area contributed by atoms with E-state index in [-0.39, 0.29) is 11.6 Å². The van der Waals surface area contributed by atoms with E-state index in [1.807, 2.05) is 31.2 Å². The Morgan fingerprint density at radius 3 is 2.76 bits per heavy atom. The van der Waals surface area contributed by atoms with Gasteiger partial charge in [-0.3, -0.25) is 9.48 Å². The van der Waals surface area contributed by atoms with Gasteiger partial charge >= 0.3 is 0 Å². The first kappa shape index (κ1) is 14.9. The molecule has 0 saturated heterocycles. The van der Waals surface area contributed by atoms with Crippen LogP contribution in [0.3, 0.4) is 0 Å². The number of nitrogen functional groups attached to an aromatic ring is 1. The molecule has 21 heavy (non-hydrogen) atoms. The number of likely N-dealkylation sites (N-methyl/N-ethyl adjacent to an activating group) is 1. The molecule has 6 nitrogen and oxygen atoms in total. The van der Waals surface area contributed by atoms with E-state index in [9.17, 15) is 4.79 Å². The van der Waals surface area contributed by atoms with Crippen LogP contribution in [0.25, 0.3) is 0 Å². The first-order valence-corrected chi connectivity index (χ1v) is 6.72. The van der Waals surface area contributed by atoms with Crippen LogP contribution < -0.4 is 10.5 Å². The summed E-state index contributed by atoms with van der Waals surface area (Å²) in [6.45, 7) is 2.86. The van der Waals surface area contributed by atoms with Crippen molar-refractivity contribution in [1.29, 1.82) is 0 Å². The Kier molecular flexibility index (Phi) is 4.47. The molecule has 0 bridgehead atoms. The summed E-state index contributed by atoms with van der Waals surface area (Å²) in [7, 11) is 3.44.